The van der Waals surface area contributed by atoms with E-state index >= 15 is 0 Å². The van der Waals surface area contributed by atoms with Crippen molar-refractivity contribution in [3.05, 3.63) is 70.3 Å². The van der Waals surface area contributed by atoms with Gasteiger partial charge in [-0.2, -0.15) is 0 Å². The van der Waals surface area contributed by atoms with E-state index in [9.17, 15) is 4.79 Å². The highest BCUT2D eigenvalue weighted by Crippen LogP contribution is 2.30. The highest BCUT2D eigenvalue weighted by Gasteiger charge is 2.34. The van der Waals surface area contributed by atoms with Crippen molar-refractivity contribution in [3.8, 4) is 10.4 Å². The molecular weight excluding hydrogens is 438 g/mol. The van der Waals surface area contributed by atoms with Gasteiger partial charge in [-0.15, -0.1) is 22.7 Å². The van der Waals surface area contributed by atoms with Crippen molar-refractivity contribution in [2.75, 3.05) is 13.2 Å². The molecule has 0 spiro atoms. The summed E-state index contributed by atoms with van der Waals surface area (Å²) in [6, 6.07) is 12.6. The van der Waals surface area contributed by atoms with Crippen LogP contribution >= 0.6 is 22.7 Å². The molecule has 0 radical (unpaired) electrons. The largest absolute Gasteiger partial charge is 0.381 e. The zero-order chi connectivity index (χ0) is 22.1. The standard InChI is InChI=1S/C25H25N3O2S2/c1-25(2)14-30-9-7-22(25)28-24(29)20-12-18(23-19(27-20)8-10-31-23)11-16-3-5-17(6-4-16)21-13-26-15-32-21/h3-6,8,10,12-13,15,22H,7,9,11,14H2,1-2H3,(H,28,29). The number of carbonyl (C=O) groups excluding carboxylic acids is 1. The van der Waals surface area contributed by atoms with E-state index in [1.54, 1.807) is 22.7 Å². The van der Waals surface area contributed by atoms with Crippen molar-refractivity contribution in [2.24, 2.45) is 5.41 Å². The van der Waals surface area contributed by atoms with E-state index in [0.29, 0.717) is 18.9 Å². The maximum atomic E-state index is 13.1. The topological polar surface area (TPSA) is 64.1 Å². The molecule has 0 bridgehead atoms. The first-order valence-electron chi connectivity index (χ1n) is 10.7. The average molecular weight is 464 g/mol. The summed E-state index contributed by atoms with van der Waals surface area (Å²) in [6.07, 6.45) is 3.46. The van der Waals surface area contributed by atoms with Crippen LogP contribution in [0.2, 0.25) is 0 Å². The molecule has 1 aliphatic heterocycles. The van der Waals surface area contributed by atoms with Gasteiger partial charge in [0.15, 0.2) is 0 Å². The summed E-state index contributed by atoms with van der Waals surface area (Å²) in [5.74, 6) is -0.111. The minimum atomic E-state index is -0.111. The Labute approximate surface area is 195 Å². The molecule has 5 rings (SSSR count). The molecule has 3 aromatic heterocycles. The van der Waals surface area contributed by atoms with Crippen molar-refractivity contribution in [1.29, 1.82) is 0 Å². The molecule has 32 heavy (non-hydrogen) atoms. The summed E-state index contributed by atoms with van der Waals surface area (Å²) in [5, 5.41) is 5.25. The van der Waals surface area contributed by atoms with Crippen molar-refractivity contribution in [3.63, 3.8) is 0 Å². The average Bonchev–Trinajstić information content (AvgIpc) is 3.48. The van der Waals surface area contributed by atoms with Crippen LogP contribution in [0.25, 0.3) is 20.7 Å². The SMILES string of the molecule is CC1(C)COCCC1NC(=O)c1cc(Cc2ccc(-c3cncs3)cc2)c2sccc2n1. The van der Waals surface area contributed by atoms with E-state index in [2.05, 4.69) is 53.4 Å². The van der Waals surface area contributed by atoms with E-state index < -0.39 is 0 Å². The molecule has 1 fully saturated rings. The number of thiazole rings is 1. The number of pyridine rings is 1. The highest BCUT2D eigenvalue weighted by atomic mass is 32.1. The first-order valence-corrected chi connectivity index (χ1v) is 12.5. The Morgan fingerprint density at radius 1 is 1.22 bits per heavy atom. The Bertz CT molecular complexity index is 1230. The molecule has 4 heterocycles. The lowest BCUT2D eigenvalue weighted by Crippen LogP contribution is -2.50. The first kappa shape index (κ1) is 21.2. The predicted octanol–water partition coefficient (Wildman–Crippen LogP) is 5.56. The molecule has 1 N–H and O–H groups in total. The lowest BCUT2D eigenvalue weighted by molar-refractivity contribution is -0.0116. The number of aromatic nitrogens is 2. The van der Waals surface area contributed by atoms with Crippen molar-refractivity contribution >= 4 is 38.8 Å². The summed E-state index contributed by atoms with van der Waals surface area (Å²) in [6.45, 7) is 5.59. The Balaban J connectivity index is 1.40. The number of carbonyl (C=O) groups is 1. The normalized spacial score (nSPS) is 18.0. The maximum Gasteiger partial charge on any atom is 0.270 e. The van der Waals surface area contributed by atoms with Crippen LogP contribution in [-0.2, 0) is 11.2 Å². The summed E-state index contributed by atoms with van der Waals surface area (Å²) in [4.78, 5) is 23.1. The van der Waals surface area contributed by atoms with Crippen LogP contribution in [0.1, 0.15) is 41.9 Å². The molecule has 0 saturated carbocycles. The fraction of sp³-hybridized carbons (Fsp3) is 0.320. The second-order valence-corrected chi connectivity index (χ2v) is 10.7. The molecule has 164 valence electrons. The van der Waals surface area contributed by atoms with E-state index in [4.69, 9.17) is 4.74 Å². The van der Waals surface area contributed by atoms with Crippen LogP contribution in [0.15, 0.2) is 53.5 Å². The quantitative estimate of drug-likeness (QED) is 0.421. The zero-order valence-electron chi connectivity index (χ0n) is 18.1. The lowest BCUT2D eigenvalue weighted by atomic mass is 9.82. The lowest BCUT2D eigenvalue weighted by Gasteiger charge is -2.38. The number of fused-ring (bicyclic) bond motifs is 1. The van der Waals surface area contributed by atoms with Gasteiger partial charge in [-0.25, -0.2) is 4.98 Å². The highest BCUT2D eigenvalue weighted by molar-refractivity contribution is 7.17. The van der Waals surface area contributed by atoms with E-state index in [1.807, 2.05) is 29.2 Å². The predicted molar refractivity (Wildman–Crippen MR) is 130 cm³/mol. The Hall–Kier alpha value is -2.61. The molecule has 7 heteroatoms. The van der Waals surface area contributed by atoms with Crippen molar-refractivity contribution in [2.45, 2.75) is 32.7 Å². The van der Waals surface area contributed by atoms with Gasteiger partial charge in [-0.1, -0.05) is 38.1 Å². The number of rotatable bonds is 5. The number of ether oxygens (including phenoxy) is 1. The first-order chi connectivity index (χ1) is 15.5. The van der Waals surface area contributed by atoms with E-state index in [1.165, 1.54) is 11.1 Å². The molecule has 1 unspecified atom stereocenters. The molecule has 4 aromatic rings. The number of hydrogen-bond acceptors (Lipinski definition) is 6. The molecule has 1 atom stereocenters. The van der Waals surface area contributed by atoms with E-state index in [0.717, 1.165) is 33.5 Å². The molecule has 1 aliphatic rings. The summed E-state index contributed by atoms with van der Waals surface area (Å²) in [7, 11) is 0. The van der Waals surface area contributed by atoms with Gasteiger partial charge in [0.25, 0.3) is 5.91 Å². The van der Waals surface area contributed by atoms with Crippen molar-refractivity contribution < 1.29 is 9.53 Å². The van der Waals surface area contributed by atoms with Crippen LogP contribution in [0.3, 0.4) is 0 Å². The van der Waals surface area contributed by atoms with Crippen LogP contribution in [0, 0.1) is 5.41 Å². The molecular formula is C25H25N3O2S2. The van der Waals surface area contributed by atoms with Crippen LogP contribution in [-0.4, -0.2) is 35.1 Å². The molecule has 0 aliphatic carbocycles. The summed E-state index contributed by atoms with van der Waals surface area (Å²) >= 11 is 3.31. The smallest absolute Gasteiger partial charge is 0.270 e. The number of thiophene rings is 1. The van der Waals surface area contributed by atoms with Crippen molar-refractivity contribution in [1.82, 2.24) is 15.3 Å². The minimum absolute atomic E-state index is 0.0754. The van der Waals surface area contributed by atoms with Gasteiger partial charge in [-0.05, 0) is 47.0 Å². The molecule has 1 aromatic carbocycles. The van der Waals surface area contributed by atoms with Gasteiger partial charge in [-0.3, -0.25) is 9.78 Å². The Kier molecular flexibility index (Phi) is 5.80. The Morgan fingerprint density at radius 2 is 2.06 bits per heavy atom. The molecule has 1 amide bonds. The van der Waals surface area contributed by atoms with E-state index in [-0.39, 0.29) is 17.4 Å². The summed E-state index contributed by atoms with van der Waals surface area (Å²) in [5.41, 5.74) is 6.62. The second kappa shape index (κ2) is 8.73. The molecule has 1 saturated heterocycles. The van der Waals surface area contributed by atoms with Gasteiger partial charge < -0.3 is 10.1 Å². The monoisotopic (exact) mass is 463 g/mol. The van der Waals surface area contributed by atoms with Crippen LogP contribution < -0.4 is 5.32 Å². The van der Waals surface area contributed by atoms with Gasteiger partial charge in [0.2, 0.25) is 0 Å². The van der Waals surface area contributed by atoms with Crippen LogP contribution in [0.4, 0.5) is 0 Å². The summed E-state index contributed by atoms with van der Waals surface area (Å²) < 4.78 is 6.74. The zero-order valence-corrected chi connectivity index (χ0v) is 19.8. The van der Waals surface area contributed by atoms with Crippen LogP contribution in [0.5, 0.6) is 0 Å². The Morgan fingerprint density at radius 3 is 2.81 bits per heavy atom. The third kappa shape index (κ3) is 4.33. The third-order valence-electron chi connectivity index (χ3n) is 6.06. The minimum Gasteiger partial charge on any atom is -0.381 e. The number of nitrogens with one attached hydrogen (secondary N) is 1. The second-order valence-electron chi connectivity index (χ2n) is 8.90. The fourth-order valence-corrected chi connectivity index (χ4v) is 5.64. The third-order valence-corrected chi connectivity index (χ3v) is 7.86. The number of amides is 1. The van der Waals surface area contributed by atoms with Gasteiger partial charge in [0.1, 0.15) is 5.69 Å². The number of benzene rings is 1. The van der Waals surface area contributed by atoms with Gasteiger partial charge >= 0.3 is 0 Å². The molecule has 5 nitrogen and oxygen atoms in total. The van der Waals surface area contributed by atoms with Gasteiger partial charge in [0.05, 0.1) is 27.2 Å². The fourth-order valence-electron chi connectivity index (χ4n) is 4.16. The maximum absolute atomic E-state index is 13.1. The number of hydrogen-bond donors (Lipinski definition) is 1. The van der Waals surface area contributed by atoms with Gasteiger partial charge in [0, 0.05) is 24.3 Å². The number of nitrogens with zero attached hydrogens (tertiary/aromatic N) is 2.